The van der Waals surface area contributed by atoms with Crippen molar-refractivity contribution in [2.45, 2.75) is 0 Å². The lowest BCUT2D eigenvalue weighted by Gasteiger charge is -2.05. The van der Waals surface area contributed by atoms with Gasteiger partial charge in [-0.3, -0.25) is 5.32 Å². The van der Waals surface area contributed by atoms with Crippen molar-refractivity contribution < 1.29 is 0 Å². The van der Waals surface area contributed by atoms with E-state index in [1.54, 1.807) is 29.1 Å². The van der Waals surface area contributed by atoms with Crippen molar-refractivity contribution in [2.24, 2.45) is 4.99 Å². The number of benzene rings is 1. The van der Waals surface area contributed by atoms with Gasteiger partial charge in [0.1, 0.15) is 0 Å². The van der Waals surface area contributed by atoms with E-state index in [-0.39, 0.29) is 0 Å². The number of hydrogen-bond acceptors (Lipinski definition) is 4. The van der Waals surface area contributed by atoms with Gasteiger partial charge in [-0.15, -0.1) is 0 Å². The third kappa shape index (κ3) is 3.45. The average molecular weight is 326 g/mol. The molecule has 1 aromatic heterocycles. The molecule has 0 atom stereocenters. The summed E-state index contributed by atoms with van der Waals surface area (Å²) in [6.07, 6.45) is 6.85. The van der Waals surface area contributed by atoms with Crippen LogP contribution in [0.25, 0.3) is 5.69 Å². The lowest BCUT2D eigenvalue weighted by molar-refractivity contribution is 0.881. The summed E-state index contributed by atoms with van der Waals surface area (Å²) in [7, 11) is 0. The second-order valence-electron chi connectivity index (χ2n) is 3.60. The molecule has 102 valence electrons. The summed E-state index contributed by atoms with van der Waals surface area (Å²) >= 11 is 13.4. The lowest BCUT2D eigenvalue weighted by atomic mass is 10.3. The molecule has 1 aromatic carbocycles. The molecular formula is C12H9Cl2N5S. The SMILES string of the molecule is CSC(=Nc1ccc(-n2cc(Cl)cn2)c(Cl)c1)NC#N. The van der Waals surface area contributed by atoms with E-state index < -0.39 is 0 Å². The first-order valence-electron chi connectivity index (χ1n) is 5.42. The third-order valence-corrected chi connectivity index (χ3v) is 3.39. The topological polar surface area (TPSA) is 66.0 Å². The van der Waals surface area contributed by atoms with Crippen LogP contribution >= 0.6 is 35.0 Å². The Hall–Kier alpha value is -1.68. The van der Waals surface area contributed by atoms with Crippen LogP contribution in [-0.2, 0) is 0 Å². The molecule has 8 heteroatoms. The molecule has 2 rings (SSSR count). The Kier molecular flexibility index (Phi) is 4.90. The van der Waals surface area contributed by atoms with Gasteiger partial charge in [0, 0.05) is 6.20 Å². The molecule has 0 aliphatic heterocycles. The number of nitrogens with zero attached hydrogens (tertiary/aromatic N) is 4. The van der Waals surface area contributed by atoms with Crippen molar-refractivity contribution in [3.8, 4) is 11.9 Å². The van der Waals surface area contributed by atoms with Crippen molar-refractivity contribution in [3.05, 3.63) is 40.6 Å². The van der Waals surface area contributed by atoms with Crippen LogP contribution in [0.15, 0.2) is 35.6 Å². The molecule has 1 N–H and O–H groups in total. The van der Waals surface area contributed by atoms with Crippen LogP contribution in [0.3, 0.4) is 0 Å². The summed E-state index contributed by atoms with van der Waals surface area (Å²) in [5.41, 5.74) is 1.35. The molecule has 0 aliphatic rings. The number of nitrogens with one attached hydrogen (secondary N) is 1. The lowest BCUT2D eigenvalue weighted by Crippen LogP contribution is -2.12. The molecule has 0 saturated heterocycles. The summed E-state index contributed by atoms with van der Waals surface area (Å²) in [4.78, 5) is 4.27. The molecule has 0 amide bonds. The zero-order valence-electron chi connectivity index (χ0n) is 10.3. The first kappa shape index (κ1) is 14.7. The number of thioether (sulfide) groups is 1. The zero-order valence-corrected chi connectivity index (χ0v) is 12.7. The van der Waals surface area contributed by atoms with Crippen molar-refractivity contribution in [1.29, 1.82) is 5.26 Å². The molecule has 0 radical (unpaired) electrons. The van der Waals surface area contributed by atoms with E-state index in [1.165, 1.54) is 18.0 Å². The Balaban J connectivity index is 2.33. The number of aromatic nitrogens is 2. The first-order chi connectivity index (χ1) is 9.63. The quantitative estimate of drug-likeness (QED) is 0.396. The van der Waals surface area contributed by atoms with Crippen LogP contribution in [0.2, 0.25) is 10.0 Å². The molecule has 0 unspecified atom stereocenters. The molecule has 20 heavy (non-hydrogen) atoms. The Morgan fingerprint density at radius 1 is 1.50 bits per heavy atom. The molecule has 0 aliphatic carbocycles. The Morgan fingerprint density at radius 3 is 2.85 bits per heavy atom. The summed E-state index contributed by atoms with van der Waals surface area (Å²) in [5.74, 6) is 0. The second kappa shape index (κ2) is 6.66. The van der Waals surface area contributed by atoms with E-state index in [0.717, 1.165) is 0 Å². The Labute approximate surface area is 130 Å². The van der Waals surface area contributed by atoms with Gasteiger partial charge >= 0.3 is 0 Å². The van der Waals surface area contributed by atoms with Crippen molar-refractivity contribution in [3.63, 3.8) is 0 Å². The zero-order chi connectivity index (χ0) is 14.5. The first-order valence-corrected chi connectivity index (χ1v) is 7.40. The normalized spacial score (nSPS) is 11.2. The van der Waals surface area contributed by atoms with Crippen molar-refractivity contribution >= 4 is 45.8 Å². The third-order valence-electron chi connectivity index (χ3n) is 2.32. The fourth-order valence-corrected chi connectivity index (χ4v) is 2.22. The molecule has 0 spiro atoms. The average Bonchev–Trinajstić information content (AvgIpc) is 2.85. The van der Waals surface area contributed by atoms with Gasteiger partial charge in [-0.1, -0.05) is 35.0 Å². The molecular weight excluding hydrogens is 317 g/mol. The Bertz CT molecular complexity index is 689. The van der Waals surface area contributed by atoms with Gasteiger partial charge in [0.2, 0.25) is 0 Å². The second-order valence-corrected chi connectivity index (χ2v) is 5.24. The highest BCUT2D eigenvalue weighted by molar-refractivity contribution is 8.13. The molecule has 0 saturated carbocycles. The van der Waals surface area contributed by atoms with E-state index in [4.69, 9.17) is 28.5 Å². The number of amidine groups is 1. The number of nitriles is 1. The van der Waals surface area contributed by atoms with E-state index >= 15 is 0 Å². The number of rotatable bonds is 2. The fourth-order valence-electron chi connectivity index (χ4n) is 1.47. The van der Waals surface area contributed by atoms with Gasteiger partial charge in [0.15, 0.2) is 11.4 Å². The van der Waals surface area contributed by atoms with Crippen LogP contribution in [0.5, 0.6) is 0 Å². The smallest absolute Gasteiger partial charge is 0.183 e. The van der Waals surface area contributed by atoms with Crippen molar-refractivity contribution in [1.82, 2.24) is 15.1 Å². The van der Waals surface area contributed by atoms with Gasteiger partial charge in [-0.2, -0.15) is 10.4 Å². The summed E-state index contributed by atoms with van der Waals surface area (Å²) < 4.78 is 1.58. The van der Waals surface area contributed by atoms with Crippen LogP contribution in [0, 0.1) is 11.5 Å². The molecule has 2 aromatic rings. The molecule has 1 heterocycles. The maximum Gasteiger partial charge on any atom is 0.183 e. The minimum absolute atomic E-state index is 0.489. The van der Waals surface area contributed by atoms with Gasteiger partial charge in [0.05, 0.1) is 27.6 Å². The predicted octanol–water partition coefficient (Wildman–Crippen LogP) is 3.60. The monoisotopic (exact) mass is 325 g/mol. The van der Waals surface area contributed by atoms with Gasteiger partial charge in [-0.05, 0) is 24.5 Å². The van der Waals surface area contributed by atoms with E-state index in [9.17, 15) is 0 Å². The summed E-state index contributed by atoms with van der Waals surface area (Å²) in [5, 5.41) is 16.7. The number of hydrogen-bond donors (Lipinski definition) is 1. The summed E-state index contributed by atoms with van der Waals surface area (Å²) in [6.45, 7) is 0. The Morgan fingerprint density at radius 2 is 2.30 bits per heavy atom. The highest BCUT2D eigenvalue weighted by Crippen LogP contribution is 2.26. The maximum absolute atomic E-state index is 8.59. The minimum atomic E-state index is 0.489. The number of halogens is 2. The van der Waals surface area contributed by atoms with Crippen LogP contribution in [0.4, 0.5) is 5.69 Å². The predicted molar refractivity (Wildman–Crippen MR) is 82.9 cm³/mol. The summed E-state index contributed by atoms with van der Waals surface area (Å²) in [6, 6.07) is 5.27. The minimum Gasteiger partial charge on any atom is -0.271 e. The van der Waals surface area contributed by atoms with Crippen LogP contribution < -0.4 is 5.32 Å². The van der Waals surface area contributed by atoms with Crippen LogP contribution in [-0.4, -0.2) is 21.2 Å². The molecule has 5 nitrogen and oxygen atoms in total. The standard InChI is InChI=1S/C12H9Cl2N5S/c1-20-12(16-7-15)18-9-2-3-11(10(14)4-9)19-6-8(13)5-17-19/h2-6H,1H3,(H,16,18). The van der Waals surface area contributed by atoms with E-state index in [2.05, 4.69) is 15.4 Å². The highest BCUT2D eigenvalue weighted by atomic mass is 35.5. The van der Waals surface area contributed by atoms with E-state index in [0.29, 0.717) is 26.6 Å². The van der Waals surface area contributed by atoms with Gasteiger partial charge in [0.25, 0.3) is 0 Å². The highest BCUT2D eigenvalue weighted by Gasteiger charge is 2.06. The van der Waals surface area contributed by atoms with Crippen molar-refractivity contribution in [2.75, 3.05) is 6.26 Å². The molecule has 0 fully saturated rings. The van der Waals surface area contributed by atoms with E-state index in [1.807, 2.05) is 12.4 Å². The largest absolute Gasteiger partial charge is 0.271 e. The number of aliphatic imine (C=N–C) groups is 1. The van der Waals surface area contributed by atoms with Gasteiger partial charge < -0.3 is 0 Å². The fraction of sp³-hybridized carbons (Fsp3) is 0.0833. The molecule has 0 bridgehead atoms. The van der Waals surface area contributed by atoms with Crippen LogP contribution in [0.1, 0.15) is 0 Å². The maximum atomic E-state index is 8.59. The van der Waals surface area contributed by atoms with Gasteiger partial charge in [-0.25, -0.2) is 9.67 Å².